The molecule has 0 amide bonds. The van der Waals surface area contributed by atoms with E-state index in [-0.39, 0.29) is 11.8 Å². The molecule has 17 heavy (non-hydrogen) atoms. The van der Waals surface area contributed by atoms with Crippen molar-refractivity contribution in [2.45, 2.75) is 32.2 Å². The number of hydrogen-bond acceptors (Lipinski definition) is 4. The van der Waals surface area contributed by atoms with Gasteiger partial charge in [0.1, 0.15) is 0 Å². The second kappa shape index (κ2) is 6.12. The largest absolute Gasteiger partial charge is 0.481 e. The zero-order chi connectivity index (χ0) is 12.1. The number of nitrogens with zero attached hydrogens (tertiary/aromatic N) is 1. The first kappa shape index (κ1) is 12.5. The summed E-state index contributed by atoms with van der Waals surface area (Å²) in [4.78, 5) is 15.3. The molecule has 2 atom stereocenters. The molecule has 0 saturated heterocycles. The van der Waals surface area contributed by atoms with Gasteiger partial charge in [-0.25, -0.2) is 4.98 Å². The third-order valence-electron chi connectivity index (χ3n) is 3.42. The van der Waals surface area contributed by atoms with E-state index in [1.54, 1.807) is 11.3 Å². The monoisotopic (exact) mass is 254 g/mol. The summed E-state index contributed by atoms with van der Waals surface area (Å²) in [6.07, 6.45) is 4.08. The molecular weight excluding hydrogens is 236 g/mol. The molecule has 94 valence electrons. The highest BCUT2D eigenvalue weighted by Gasteiger charge is 2.30. The van der Waals surface area contributed by atoms with Crippen molar-refractivity contribution in [2.24, 2.45) is 11.8 Å². The zero-order valence-electron chi connectivity index (χ0n) is 9.76. The van der Waals surface area contributed by atoms with Gasteiger partial charge >= 0.3 is 5.97 Å². The molecule has 2 N–H and O–H groups in total. The summed E-state index contributed by atoms with van der Waals surface area (Å²) in [6, 6.07) is 0. The lowest BCUT2D eigenvalue weighted by Gasteiger charge is -2.28. The Kier molecular flexibility index (Phi) is 4.50. The van der Waals surface area contributed by atoms with Crippen LogP contribution in [0.25, 0.3) is 0 Å². The molecule has 0 radical (unpaired) electrons. The van der Waals surface area contributed by atoms with Crippen LogP contribution in [0, 0.1) is 11.8 Å². The molecule has 4 nitrogen and oxygen atoms in total. The Hall–Kier alpha value is -0.940. The van der Waals surface area contributed by atoms with Crippen LogP contribution < -0.4 is 5.32 Å². The molecule has 1 fully saturated rings. The molecule has 0 aliphatic heterocycles. The van der Waals surface area contributed by atoms with E-state index in [2.05, 4.69) is 10.3 Å². The lowest BCUT2D eigenvalue weighted by atomic mass is 9.79. The van der Waals surface area contributed by atoms with Crippen LogP contribution in [0.3, 0.4) is 0 Å². The van der Waals surface area contributed by atoms with Crippen molar-refractivity contribution >= 4 is 17.3 Å². The van der Waals surface area contributed by atoms with E-state index >= 15 is 0 Å². The molecule has 1 heterocycles. The Morgan fingerprint density at radius 3 is 3.06 bits per heavy atom. The molecule has 0 bridgehead atoms. The van der Waals surface area contributed by atoms with E-state index in [4.69, 9.17) is 5.11 Å². The molecule has 1 aliphatic rings. The Labute approximate surface area is 105 Å². The maximum Gasteiger partial charge on any atom is 0.306 e. The van der Waals surface area contributed by atoms with E-state index in [1.807, 2.05) is 10.9 Å². The first-order valence-electron chi connectivity index (χ1n) is 6.08. The van der Waals surface area contributed by atoms with Crippen LogP contribution in [-0.4, -0.2) is 22.6 Å². The fourth-order valence-corrected chi connectivity index (χ4v) is 3.05. The molecule has 1 aromatic rings. The molecule has 2 unspecified atom stereocenters. The van der Waals surface area contributed by atoms with E-state index in [0.717, 1.165) is 44.5 Å². The fourth-order valence-electron chi connectivity index (χ4n) is 2.49. The smallest absolute Gasteiger partial charge is 0.306 e. The third kappa shape index (κ3) is 3.51. The Morgan fingerprint density at radius 2 is 2.35 bits per heavy atom. The van der Waals surface area contributed by atoms with Crippen molar-refractivity contribution in [1.29, 1.82) is 0 Å². The van der Waals surface area contributed by atoms with Crippen LogP contribution in [0.1, 0.15) is 31.4 Å². The standard InChI is InChI=1S/C12H18N2O2S/c15-12(16)11-4-2-1-3-9(11)5-13-6-10-7-17-8-14-10/h7-9,11,13H,1-6H2,(H,15,16). The lowest BCUT2D eigenvalue weighted by Crippen LogP contribution is -2.34. The number of carboxylic acid groups (broad SMARTS) is 1. The number of aliphatic carboxylic acids is 1. The van der Waals surface area contributed by atoms with Crippen molar-refractivity contribution in [3.8, 4) is 0 Å². The number of carbonyl (C=O) groups is 1. The van der Waals surface area contributed by atoms with Crippen LogP contribution >= 0.6 is 11.3 Å². The molecule has 0 aromatic carbocycles. The summed E-state index contributed by atoms with van der Waals surface area (Å²) in [5.74, 6) is -0.517. The average molecular weight is 254 g/mol. The molecule has 2 rings (SSSR count). The normalized spacial score (nSPS) is 24.7. The second-order valence-electron chi connectivity index (χ2n) is 4.60. The van der Waals surface area contributed by atoms with Gasteiger partial charge in [-0.2, -0.15) is 0 Å². The highest BCUT2D eigenvalue weighted by Crippen LogP contribution is 2.29. The van der Waals surface area contributed by atoms with E-state index in [0.29, 0.717) is 0 Å². The Morgan fingerprint density at radius 1 is 1.53 bits per heavy atom. The van der Waals surface area contributed by atoms with Crippen molar-refractivity contribution in [2.75, 3.05) is 6.54 Å². The van der Waals surface area contributed by atoms with Crippen molar-refractivity contribution in [1.82, 2.24) is 10.3 Å². The molecule has 1 aliphatic carbocycles. The minimum atomic E-state index is -0.634. The van der Waals surface area contributed by atoms with Crippen LogP contribution in [0.4, 0.5) is 0 Å². The summed E-state index contributed by atoms with van der Waals surface area (Å²) in [6.45, 7) is 1.53. The topological polar surface area (TPSA) is 62.2 Å². The highest BCUT2D eigenvalue weighted by molar-refractivity contribution is 7.07. The summed E-state index contributed by atoms with van der Waals surface area (Å²) in [5, 5.41) is 14.5. The minimum absolute atomic E-state index is 0.160. The Bertz CT molecular complexity index is 353. The first-order chi connectivity index (χ1) is 8.27. The summed E-state index contributed by atoms with van der Waals surface area (Å²) >= 11 is 1.59. The zero-order valence-corrected chi connectivity index (χ0v) is 10.6. The van der Waals surface area contributed by atoms with Gasteiger partial charge in [0.2, 0.25) is 0 Å². The van der Waals surface area contributed by atoms with Gasteiger partial charge in [0, 0.05) is 11.9 Å². The summed E-state index contributed by atoms with van der Waals surface area (Å²) in [5.41, 5.74) is 2.86. The molecular formula is C12H18N2O2S. The number of hydrogen-bond donors (Lipinski definition) is 2. The van der Waals surface area contributed by atoms with Crippen LogP contribution in [0.2, 0.25) is 0 Å². The SMILES string of the molecule is O=C(O)C1CCCCC1CNCc1cscn1. The highest BCUT2D eigenvalue weighted by atomic mass is 32.1. The Balaban J connectivity index is 1.78. The van der Waals surface area contributed by atoms with Crippen LogP contribution in [0.5, 0.6) is 0 Å². The fraction of sp³-hybridized carbons (Fsp3) is 0.667. The number of aromatic nitrogens is 1. The van der Waals surface area contributed by atoms with Crippen molar-refractivity contribution < 1.29 is 9.90 Å². The van der Waals surface area contributed by atoms with Crippen LogP contribution in [-0.2, 0) is 11.3 Å². The van der Waals surface area contributed by atoms with Gasteiger partial charge in [0.25, 0.3) is 0 Å². The second-order valence-corrected chi connectivity index (χ2v) is 5.32. The minimum Gasteiger partial charge on any atom is -0.481 e. The van der Waals surface area contributed by atoms with Crippen molar-refractivity contribution in [3.63, 3.8) is 0 Å². The number of thiazole rings is 1. The van der Waals surface area contributed by atoms with Gasteiger partial charge in [0.15, 0.2) is 0 Å². The van der Waals surface area contributed by atoms with Gasteiger partial charge < -0.3 is 10.4 Å². The predicted molar refractivity (Wildman–Crippen MR) is 66.9 cm³/mol. The molecule has 1 aromatic heterocycles. The summed E-state index contributed by atoms with van der Waals surface area (Å²) in [7, 11) is 0. The molecule has 5 heteroatoms. The van der Waals surface area contributed by atoms with Crippen LogP contribution in [0.15, 0.2) is 10.9 Å². The molecule has 1 saturated carbocycles. The maximum atomic E-state index is 11.1. The maximum absolute atomic E-state index is 11.1. The van der Waals surface area contributed by atoms with Gasteiger partial charge in [0.05, 0.1) is 17.1 Å². The third-order valence-corrected chi connectivity index (χ3v) is 4.06. The molecule has 0 spiro atoms. The predicted octanol–water partition coefficient (Wildman–Crippen LogP) is 2.12. The quantitative estimate of drug-likeness (QED) is 0.845. The van der Waals surface area contributed by atoms with E-state index < -0.39 is 5.97 Å². The number of nitrogens with one attached hydrogen (secondary N) is 1. The first-order valence-corrected chi connectivity index (χ1v) is 7.02. The lowest BCUT2D eigenvalue weighted by molar-refractivity contribution is -0.144. The number of rotatable bonds is 5. The van der Waals surface area contributed by atoms with E-state index in [1.165, 1.54) is 0 Å². The van der Waals surface area contributed by atoms with Gasteiger partial charge in [-0.05, 0) is 25.3 Å². The van der Waals surface area contributed by atoms with Gasteiger partial charge in [-0.1, -0.05) is 12.8 Å². The average Bonchev–Trinajstić information content (AvgIpc) is 2.82. The van der Waals surface area contributed by atoms with Gasteiger partial charge in [-0.15, -0.1) is 11.3 Å². The number of carboxylic acids is 1. The van der Waals surface area contributed by atoms with Crippen molar-refractivity contribution in [3.05, 3.63) is 16.6 Å². The van der Waals surface area contributed by atoms with Gasteiger partial charge in [-0.3, -0.25) is 4.79 Å². The van der Waals surface area contributed by atoms with E-state index in [9.17, 15) is 4.79 Å². The summed E-state index contributed by atoms with van der Waals surface area (Å²) < 4.78 is 0.